The van der Waals surface area contributed by atoms with E-state index < -0.39 is 26.1 Å². The number of sulfone groups is 1. The molecule has 6 heteroatoms. The van der Waals surface area contributed by atoms with Crippen LogP contribution in [0.5, 0.6) is 0 Å². The van der Waals surface area contributed by atoms with Crippen molar-refractivity contribution in [1.82, 2.24) is 0 Å². The topological polar surface area (TPSA) is 75.0 Å². The summed E-state index contributed by atoms with van der Waals surface area (Å²) < 4.78 is 21.7. The molecule has 0 rings (SSSR count). The van der Waals surface area contributed by atoms with Crippen LogP contribution in [0.4, 0.5) is 0 Å². The van der Waals surface area contributed by atoms with E-state index in [1.807, 2.05) is 0 Å². The zero-order chi connectivity index (χ0) is 9.07. The highest BCUT2D eigenvalue weighted by atomic mass is 35.5. The molecule has 4 nitrogen and oxygen atoms in total. The van der Waals surface area contributed by atoms with Crippen LogP contribution in [-0.2, 0) is 14.6 Å². The number of rotatable bonds is 3. The Morgan fingerprint density at radius 1 is 1.73 bits per heavy atom. The molecule has 0 aliphatic carbocycles. The van der Waals surface area contributed by atoms with Crippen molar-refractivity contribution in [2.45, 2.75) is 12.2 Å². The second kappa shape index (κ2) is 3.69. The largest absolute Gasteiger partial charge is 0.280 e. The molecule has 0 spiro atoms. The van der Waals surface area contributed by atoms with Crippen LogP contribution in [0.1, 0.15) is 6.92 Å². The Hall–Kier alpha value is -0.600. The van der Waals surface area contributed by atoms with E-state index >= 15 is 0 Å². The Bertz CT molecular complexity index is 289. The third-order valence-electron chi connectivity index (χ3n) is 1.04. The average molecular weight is 196 g/mol. The molecule has 0 aromatic carbocycles. The summed E-state index contributed by atoms with van der Waals surface area (Å²) in [7, 11) is -3.65. The molecule has 0 saturated carbocycles. The highest BCUT2D eigenvalue weighted by Gasteiger charge is 2.22. The predicted molar refractivity (Wildman–Crippen MR) is 39.7 cm³/mol. The minimum Gasteiger partial charge on any atom is -0.280 e. The molecule has 0 radical (unpaired) electrons. The van der Waals surface area contributed by atoms with Crippen LogP contribution in [0.15, 0.2) is 0 Å². The molecule has 0 aromatic rings. The van der Waals surface area contributed by atoms with Crippen molar-refractivity contribution in [3.63, 3.8) is 0 Å². The highest BCUT2D eigenvalue weighted by molar-refractivity contribution is 7.93. The number of hydrogen-bond donors (Lipinski definition) is 0. The van der Waals surface area contributed by atoms with E-state index in [1.165, 1.54) is 13.0 Å². The van der Waals surface area contributed by atoms with E-state index in [4.69, 9.17) is 16.9 Å². The number of nitrogens with zero attached hydrogens (tertiary/aromatic N) is 1. The molecule has 0 fully saturated rings. The van der Waals surface area contributed by atoms with Gasteiger partial charge in [-0.2, -0.15) is 5.26 Å². The quantitative estimate of drug-likeness (QED) is 0.598. The summed E-state index contributed by atoms with van der Waals surface area (Å²) in [5, 5.41) is 6.06. The van der Waals surface area contributed by atoms with Crippen molar-refractivity contribution in [2.24, 2.45) is 0 Å². The molecular formula is C5H6ClNO3S. The number of carbonyl (C=O) groups excluding carboxylic acids is 1. The minimum absolute atomic E-state index is 0.775. The fraction of sp³-hybridized carbons (Fsp3) is 0.600. The summed E-state index contributed by atoms with van der Waals surface area (Å²) in [6, 6.07) is 1.51. The van der Waals surface area contributed by atoms with Gasteiger partial charge in [-0.15, -0.1) is 0 Å². The third kappa shape index (κ3) is 3.35. The maximum atomic E-state index is 10.8. The first-order valence-corrected chi connectivity index (χ1v) is 4.79. The molecule has 0 amide bonds. The SMILES string of the molecule is CC(C#N)S(=O)(=O)CC(=O)Cl. The normalized spacial score (nSPS) is 13.5. The Morgan fingerprint density at radius 2 is 2.18 bits per heavy atom. The zero-order valence-electron chi connectivity index (χ0n) is 5.74. The number of halogens is 1. The van der Waals surface area contributed by atoms with Gasteiger partial charge in [-0.25, -0.2) is 8.42 Å². The van der Waals surface area contributed by atoms with Crippen LogP contribution < -0.4 is 0 Å². The summed E-state index contributed by atoms with van der Waals surface area (Å²) in [6.45, 7) is 1.20. The predicted octanol–water partition coefficient (Wildman–Crippen LogP) is 0.0787. The fourth-order valence-electron chi connectivity index (χ4n) is 0.363. The van der Waals surface area contributed by atoms with Gasteiger partial charge in [0.15, 0.2) is 9.84 Å². The second-order valence-electron chi connectivity index (χ2n) is 1.93. The summed E-state index contributed by atoms with van der Waals surface area (Å²) >= 11 is 4.84. The number of carbonyl (C=O) groups is 1. The van der Waals surface area contributed by atoms with Gasteiger partial charge in [0.1, 0.15) is 11.0 Å². The lowest BCUT2D eigenvalue weighted by molar-refractivity contribution is -0.109. The molecule has 1 unspecified atom stereocenters. The Kier molecular flexibility index (Phi) is 3.49. The molecule has 1 atom stereocenters. The van der Waals surface area contributed by atoms with E-state index in [2.05, 4.69) is 0 Å². The van der Waals surface area contributed by atoms with E-state index in [9.17, 15) is 13.2 Å². The van der Waals surface area contributed by atoms with Crippen molar-refractivity contribution in [3.8, 4) is 6.07 Å². The van der Waals surface area contributed by atoms with Crippen molar-refractivity contribution >= 4 is 26.7 Å². The molecule has 0 heterocycles. The van der Waals surface area contributed by atoms with Crippen molar-refractivity contribution in [3.05, 3.63) is 0 Å². The van der Waals surface area contributed by atoms with Gasteiger partial charge >= 0.3 is 0 Å². The van der Waals surface area contributed by atoms with Gasteiger partial charge in [-0.3, -0.25) is 4.79 Å². The lowest BCUT2D eigenvalue weighted by Crippen LogP contribution is -2.22. The minimum atomic E-state index is -3.65. The number of nitriles is 1. The maximum Gasteiger partial charge on any atom is 0.236 e. The fourth-order valence-corrected chi connectivity index (χ4v) is 1.55. The average Bonchev–Trinajstić information content (AvgIpc) is 1.83. The Labute approximate surface area is 69.7 Å². The molecule has 0 bridgehead atoms. The van der Waals surface area contributed by atoms with Gasteiger partial charge in [0.05, 0.1) is 6.07 Å². The standard InChI is InChI=1S/C5H6ClNO3S/c1-4(2-7)11(9,10)3-5(6)8/h4H,3H2,1H3. The van der Waals surface area contributed by atoms with Crippen molar-refractivity contribution < 1.29 is 13.2 Å². The van der Waals surface area contributed by atoms with Crippen LogP contribution in [-0.4, -0.2) is 24.7 Å². The first kappa shape index (κ1) is 10.4. The van der Waals surface area contributed by atoms with E-state index in [0.717, 1.165) is 0 Å². The smallest absolute Gasteiger partial charge is 0.236 e. The van der Waals surface area contributed by atoms with Gasteiger partial charge in [0.2, 0.25) is 5.24 Å². The van der Waals surface area contributed by atoms with E-state index in [-0.39, 0.29) is 0 Å². The molecule has 0 aliphatic heterocycles. The van der Waals surface area contributed by atoms with Crippen LogP contribution in [0.2, 0.25) is 0 Å². The first-order chi connectivity index (χ1) is 4.90. The molecular weight excluding hydrogens is 190 g/mol. The molecule has 0 N–H and O–H groups in total. The van der Waals surface area contributed by atoms with Crippen molar-refractivity contribution in [1.29, 1.82) is 5.26 Å². The summed E-state index contributed by atoms with van der Waals surface area (Å²) in [6.07, 6.45) is 0. The number of hydrogen-bond acceptors (Lipinski definition) is 4. The first-order valence-electron chi connectivity index (χ1n) is 2.69. The molecule has 0 saturated heterocycles. The van der Waals surface area contributed by atoms with E-state index in [0.29, 0.717) is 0 Å². The van der Waals surface area contributed by atoms with E-state index in [1.54, 1.807) is 0 Å². The molecule has 62 valence electrons. The summed E-state index contributed by atoms with van der Waals surface area (Å²) in [4.78, 5) is 10.2. The lowest BCUT2D eigenvalue weighted by Gasteiger charge is -2.00. The summed E-state index contributed by atoms with van der Waals surface area (Å²) in [5.74, 6) is -0.775. The van der Waals surface area contributed by atoms with Crippen LogP contribution >= 0.6 is 11.6 Å². The lowest BCUT2D eigenvalue weighted by atomic mass is 10.5. The second-order valence-corrected chi connectivity index (χ2v) is 4.68. The van der Waals surface area contributed by atoms with Gasteiger partial charge in [0.25, 0.3) is 0 Å². The van der Waals surface area contributed by atoms with Crippen LogP contribution in [0.25, 0.3) is 0 Å². The van der Waals surface area contributed by atoms with Gasteiger partial charge in [-0.05, 0) is 18.5 Å². The third-order valence-corrected chi connectivity index (χ3v) is 3.17. The van der Waals surface area contributed by atoms with Gasteiger partial charge in [0, 0.05) is 0 Å². The van der Waals surface area contributed by atoms with Crippen LogP contribution in [0.3, 0.4) is 0 Å². The van der Waals surface area contributed by atoms with Crippen LogP contribution in [0, 0.1) is 11.3 Å². The van der Waals surface area contributed by atoms with Gasteiger partial charge in [-0.1, -0.05) is 0 Å². The zero-order valence-corrected chi connectivity index (χ0v) is 7.32. The summed E-state index contributed by atoms with van der Waals surface area (Å²) in [5.41, 5.74) is 0. The molecule has 11 heavy (non-hydrogen) atoms. The van der Waals surface area contributed by atoms with Crippen molar-refractivity contribution in [2.75, 3.05) is 5.75 Å². The maximum absolute atomic E-state index is 10.8. The Morgan fingerprint density at radius 3 is 2.45 bits per heavy atom. The van der Waals surface area contributed by atoms with Gasteiger partial charge < -0.3 is 0 Å². The molecule has 0 aromatic heterocycles. The highest BCUT2D eigenvalue weighted by Crippen LogP contribution is 2.01. The molecule has 0 aliphatic rings. The monoisotopic (exact) mass is 195 g/mol. The Balaban J connectivity index is 4.52.